The Morgan fingerprint density at radius 1 is 1.06 bits per heavy atom. The minimum Gasteiger partial charge on any atom is -0.493 e. The highest BCUT2D eigenvalue weighted by atomic mass is 35.5. The van der Waals surface area contributed by atoms with Crippen LogP contribution in [0.2, 0.25) is 5.02 Å². The molecule has 1 fully saturated rings. The molecule has 1 aliphatic rings. The Morgan fingerprint density at radius 3 is 2.21 bits per heavy atom. The number of hydrogen-bond donors (Lipinski definition) is 0. The highest BCUT2D eigenvalue weighted by molar-refractivity contribution is 6.32. The maximum atomic E-state index is 13.2. The molecular formula is C25H32ClNO6. The van der Waals surface area contributed by atoms with E-state index in [9.17, 15) is 4.79 Å². The summed E-state index contributed by atoms with van der Waals surface area (Å²) in [6, 6.07) is 7.38. The lowest BCUT2D eigenvalue weighted by Gasteiger charge is -2.26. The minimum absolute atomic E-state index is 0.0102. The minimum atomic E-state index is -0.135. The fraction of sp³-hybridized carbons (Fsp3) is 0.480. The van der Waals surface area contributed by atoms with Crippen molar-refractivity contribution in [2.45, 2.75) is 39.3 Å². The lowest BCUT2D eigenvalue weighted by Crippen LogP contribution is -2.39. The standard InChI is InChI=1S/C25H32ClNO6/c1-16-9-20(10-17(2)24(16)26)33-15-23(28)27(14-19-7-6-8-32-19)13-18-11-21(29-3)25(31-5)22(12-18)30-4/h9-12,19H,6-8,13-15H2,1-5H3/t19-/m1/s1. The predicted molar refractivity (Wildman–Crippen MR) is 127 cm³/mol. The quantitative estimate of drug-likeness (QED) is 0.499. The number of nitrogens with zero attached hydrogens (tertiary/aromatic N) is 1. The van der Waals surface area contributed by atoms with E-state index in [-0.39, 0.29) is 18.6 Å². The van der Waals surface area contributed by atoms with Crippen LogP contribution in [0.4, 0.5) is 0 Å². The van der Waals surface area contributed by atoms with Crippen LogP contribution < -0.4 is 18.9 Å². The van der Waals surface area contributed by atoms with E-state index >= 15 is 0 Å². The lowest BCUT2D eigenvalue weighted by molar-refractivity contribution is -0.135. The Bertz CT molecular complexity index is 925. The number of hydrogen-bond acceptors (Lipinski definition) is 6. The first kappa shape index (κ1) is 25.0. The van der Waals surface area contributed by atoms with Gasteiger partial charge in [0.25, 0.3) is 5.91 Å². The second kappa shape index (κ2) is 11.5. The third-order valence-corrected chi connectivity index (χ3v) is 6.27. The summed E-state index contributed by atoms with van der Waals surface area (Å²) in [6.45, 7) is 5.31. The molecule has 0 unspecified atom stereocenters. The molecule has 1 aliphatic heterocycles. The molecule has 7 nitrogen and oxygen atoms in total. The van der Waals surface area contributed by atoms with Crippen LogP contribution in [0.3, 0.4) is 0 Å². The van der Waals surface area contributed by atoms with Crippen LogP contribution in [0, 0.1) is 13.8 Å². The average molecular weight is 478 g/mol. The second-order valence-corrected chi connectivity index (χ2v) is 8.48. The van der Waals surface area contributed by atoms with Gasteiger partial charge in [-0.15, -0.1) is 0 Å². The van der Waals surface area contributed by atoms with E-state index in [1.165, 1.54) is 0 Å². The van der Waals surface area contributed by atoms with Gasteiger partial charge in [0.1, 0.15) is 5.75 Å². The molecule has 2 aromatic rings. The van der Waals surface area contributed by atoms with Crippen molar-refractivity contribution in [3.8, 4) is 23.0 Å². The third kappa shape index (κ3) is 6.24. The molecule has 1 atom stereocenters. The number of halogens is 1. The molecule has 2 aromatic carbocycles. The molecule has 1 saturated heterocycles. The van der Waals surface area contributed by atoms with Gasteiger partial charge in [-0.1, -0.05) is 11.6 Å². The number of carbonyl (C=O) groups excluding carboxylic acids is 1. The maximum Gasteiger partial charge on any atom is 0.260 e. The van der Waals surface area contributed by atoms with Crippen LogP contribution in [-0.2, 0) is 16.1 Å². The molecule has 1 heterocycles. The van der Waals surface area contributed by atoms with Crippen molar-refractivity contribution in [3.63, 3.8) is 0 Å². The number of ether oxygens (including phenoxy) is 5. The Morgan fingerprint density at radius 2 is 1.70 bits per heavy atom. The molecule has 0 aromatic heterocycles. The molecule has 0 N–H and O–H groups in total. The predicted octanol–water partition coefficient (Wildman–Crippen LogP) is 4.57. The molecule has 1 amide bonds. The maximum absolute atomic E-state index is 13.2. The summed E-state index contributed by atoms with van der Waals surface area (Å²) in [5.41, 5.74) is 2.68. The SMILES string of the molecule is COc1cc(CN(C[C@H]2CCCO2)C(=O)COc2cc(C)c(Cl)c(C)c2)cc(OC)c1OC. The molecule has 0 spiro atoms. The van der Waals surface area contributed by atoms with E-state index in [2.05, 4.69) is 0 Å². The van der Waals surface area contributed by atoms with Crippen molar-refractivity contribution < 1.29 is 28.5 Å². The van der Waals surface area contributed by atoms with Gasteiger partial charge < -0.3 is 28.6 Å². The van der Waals surface area contributed by atoms with Crippen LogP contribution in [-0.4, -0.2) is 58.0 Å². The lowest BCUT2D eigenvalue weighted by atomic mass is 10.1. The molecular weight excluding hydrogens is 446 g/mol. The number of methoxy groups -OCH3 is 3. The fourth-order valence-corrected chi connectivity index (χ4v) is 4.07. The summed E-state index contributed by atoms with van der Waals surface area (Å²) in [5, 5.41) is 0.705. The summed E-state index contributed by atoms with van der Waals surface area (Å²) in [7, 11) is 4.70. The van der Waals surface area contributed by atoms with E-state index in [0.29, 0.717) is 41.1 Å². The topological polar surface area (TPSA) is 66.5 Å². The normalized spacial score (nSPS) is 15.3. The summed E-state index contributed by atoms with van der Waals surface area (Å²) in [4.78, 5) is 15.0. The van der Waals surface area contributed by atoms with Gasteiger partial charge in [-0.2, -0.15) is 0 Å². The molecule has 0 bridgehead atoms. The number of benzene rings is 2. The Labute approximate surface area is 200 Å². The van der Waals surface area contributed by atoms with Gasteiger partial charge in [0.2, 0.25) is 5.75 Å². The number of amides is 1. The summed E-state index contributed by atoms with van der Waals surface area (Å²) in [5.74, 6) is 2.08. The van der Waals surface area contributed by atoms with Crippen LogP contribution >= 0.6 is 11.6 Å². The number of rotatable bonds is 10. The second-order valence-electron chi connectivity index (χ2n) is 8.10. The monoisotopic (exact) mass is 477 g/mol. The zero-order valence-corrected chi connectivity index (χ0v) is 20.7. The van der Waals surface area contributed by atoms with Crippen molar-refractivity contribution in [1.29, 1.82) is 0 Å². The summed E-state index contributed by atoms with van der Waals surface area (Å²) < 4.78 is 28.0. The van der Waals surface area contributed by atoms with E-state index < -0.39 is 0 Å². The molecule has 0 radical (unpaired) electrons. The van der Waals surface area contributed by atoms with Crippen LogP contribution in [0.25, 0.3) is 0 Å². The van der Waals surface area contributed by atoms with E-state index in [1.807, 2.05) is 38.1 Å². The molecule has 33 heavy (non-hydrogen) atoms. The summed E-state index contributed by atoms with van der Waals surface area (Å²) in [6.07, 6.45) is 1.93. The van der Waals surface area contributed by atoms with Crippen molar-refractivity contribution in [2.24, 2.45) is 0 Å². The van der Waals surface area contributed by atoms with Crippen molar-refractivity contribution in [2.75, 3.05) is 41.1 Å². The third-order valence-electron chi connectivity index (χ3n) is 5.67. The summed E-state index contributed by atoms with van der Waals surface area (Å²) >= 11 is 6.25. The molecule has 8 heteroatoms. The number of carbonyl (C=O) groups is 1. The first-order valence-corrected chi connectivity index (χ1v) is 11.3. The van der Waals surface area contributed by atoms with Gasteiger partial charge >= 0.3 is 0 Å². The average Bonchev–Trinajstić information content (AvgIpc) is 3.32. The van der Waals surface area contributed by atoms with E-state index in [1.54, 1.807) is 26.2 Å². The Hall–Kier alpha value is -2.64. The molecule has 180 valence electrons. The highest BCUT2D eigenvalue weighted by Crippen LogP contribution is 2.38. The zero-order chi connectivity index (χ0) is 24.0. The zero-order valence-electron chi connectivity index (χ0n) is 19.9. The fourth-order valence-electron chi connectivity index (χ4n) is 3.96. The number of aryl methyl sites for hydroxylation is 2. The van der Waals surface area contributed by atoms with Crippen molar-refractivity contribution in [1.82, 2.24) is 4.90 Å². The van der Waals surface area contributed by atoms with Crippen LogP contribution in [0.15, 0.2) is 24.3 Å². The van der Waals surface area contributed by atoms with Gasteiger partial charge in [-0.25, -0.2) is 0 Å². The van der Waals surface area contributed by atoms with Crippen molar-refractivity contribution >= 4 is 17.5 Å². The molecule has 0 saturated carbocycles. The van der Waals surface area contributed by atoms with Gasteiger partial charge in [0, 0.05) is 24.7 Å². The molecule has 0 aliphatic carbocycles. The van der Waals surface area contributed by atoms with Gasteiger partial charge in [0.05, 0.1) is 27.4 Å². The molecule has 3 rings (SSSR count). The highest BCUT2D eigenvalue weighted by Gasteiger charge is 2.24. The van der Waals surface area contributed by atoms with E-state index in [0.717, 1.165) is 36.1 Å². The van der Waals surface area contributed by atoms with Crippen LogP contribution in [0.5, 0.6) is 23.0 Å². The van der Waals surface area contributed by atoms with Gasteiger partial charge in [-0.05, 0) is 67.6 Å². The first-order chi connectivity index (χ1) is 15.9. The smallest absolute Gasteiger partial charge is 0.260 e. The van der Waals surface area contributed by atoms with Crippen LogP contribution in [0.1, 0.15) is 29.5 Å². The van der Waals surface area contributed by atoms with Crippen molar-refractivity contribution in [3.05, 3.63) is 46.0 Å². The Kier molecular flexibility index (Phi) is 8.69. The largest absolute Gasteiger partial charge is 0.493 e. The Balaban J connectivity index is 1.79. The first-order valence-electron chi connectivity index (χ1n) is 10.9. The van der Waals surface area contributed by atoms with E-state index in [4.69, 9.17) is 35.3 Å². The van der Waals surface area contributed by atoms with Gasteiger partial charge in [-0.3, -0.25) is 4.79 Å². The van der Waals surface area contributed by atoms with Gasteiger partial charge in [0.15, 0.2) is 18.1 Å².